The van der Waals surface area contributed by atoms with Crippen LogP contribution in [0.15, 0.2) is 9.98 Å². The summed E-state index contributed by atoms with van der Waals surface area (Å²) in [7, 11) is 0. The molecule has 0 aliphatic rings. The lowest BCUT2D eigenvalue weighted by Crippen LogP contribution is -2.05. The van der Waals surface area contributed by atoms with Crippen molar-refractivity contribution in [2.45, 2.75) is 13.3 Å². The number of nitrogens with one attached hydrogen (secondary N) is 1. The topological polar surface area (TPSA) is 34.1 Å². The zero-order chi connectivity index (χ0) is 9.52. The summed E-state index contributed by atoms with van der Waals surface area (Å²) in [6.07, 6.45) is 1.02. The Bertz CT molecular complexity index is 242. The molecule has 0 atom stereocenters. The lowest BCUT2D eigenvalue weighted by atomic mass is 10.4. The van der Waals surface area contributed by atoms with Crippen molar-refractivity contribution in [3.8, 4) is 0 Å². The normalized spacial score (nSPS) is 10.3. The van der Waals surface area contributed by atoms with Gasteiger partial charge in [-0.15, -0.1) is 11.3 Å². The van der Waals surface area contributed by atoms with Crippen molar-refractivity contribution < 1.29 is 4.74 Å². The molecule has 74 valence electrons. The summed E-state index contributed by atoms with van der Waals surface area (Å²) in [4.78, 5) is 4.21. The largest absolute Gasteiger partial charge is 0.382 e. The number of nitrogens with zero attached hydrogens (tertiary/aromatic N) is 1. The summed E-state index contributed by atoms with van der Waals surface area (Å²) in [5.74, 6) is 0. The summed E-state index contributed by atoms with van der Waals surface area (Å²) in [6, 6.07) is 0. The Morgan fingerprint density at radius 2 is 2.54 bits per heavy atom. The number of ether oxygens (including phenoxy) is 1. The second-order valence-corrected chi connectivity index (χ2v) is 4.12. The van der Waals surface area contributed by atoms with Crippen molar-refractivity contribution in [2.24, 2.45) is 0 Å². The third-order valence-corrected chi connectivity index (χ3v) is 2.93. The van der Waals surface area contributed by atoms with Crippen molar-refractivity contribution in [3.05, 3.63) is 9.98 Å². The fourth-order valence-electron chi connectivity index (χ4n) is 0.849. The number of halogens is 1. The average molecular weight is 265 g/mol. The zero-order valence-corrected chi connectivity index (χ0v) is 9.95. The molecule has 3 nitrogen and oxygen atoms in total. The molecule has 0 bridgehead atoms. The van der Waals surface area contributed by atoms with E-state index in [0.29, 0.717) is 0 Å². The van der Waals surface area contributed by atoms with Crippen LogP contribution in [0.5, 0.6) is 0 Å². The Kier molecular flexibility index (Phi) is 5.34. The number of rotatable bonds is 6. The van der Waals surface area contributed by atoms with E-state index in [1.54, 1.807) is 11.3 Å². The molecule has 0 fully saturated rings. The molecule has 0 saturated heterocycles. The van der Waals surface area contributed by atoms with Crippen LogP contribution < -0.4 is 5.32 Å². The molecule has 5 heteroatoms. The zero-order valence-electron chi connectivity index (χ0n) is 7.55. The third kappa shape index (κ3) is 4.59. The van der Waals surface area contributed by atoms with Crippen molar-refractivity contribution in [1.29, 1.82) is 0 Å². The smallest absolute Gasteiger partial charge is 0.183 e. The molecule has 0 spiro atoms. The van der Waals surface area contributed by atoms with E-state index < -0.39 is 0 Å². The highest BCUT2D eigenvalue weighted by atomic mass is 79.9. The van der Waals surface area contributed by atoms with Crippen LogP contribution in [0.4, 0.5) is 5.13 Å². The first-order chi connectivity index (χ1) is 6.33. The molecule has 0 aliphatic carbocycles. The summed E-state index contributed by atoms with van der Waals surface area (Å²) < 4.78 is 6.10. The molecule has 0 radical (unpaired) electrons. The Hall–Kier alpha value is -0.130. The molecule has 0 saturated carbocycles. The molecule has 1 aromatic rings. The molecule has 1 N–H and O–H groups in total. The maximum Gasteiger partial charge on any atom is 0.183 e. The molecule has 0 unspecified atom stereocenters. The molecule has 13 heavy (non-hydrogen) atoms. The summed E-state index contributed by atoms with van der Waals surface area (Å²) in [6.45, 7) is 4.53. The van der Waals surface area contributed by atoms with Gasteiger partial charge in [-0.25, -0.2) is 4.98 Å². The molecule has 0 aromatic carbocycles. The Morgan fingerprint density at radius 3 is 3.15 bits per heavy atom. The van der Waals surface area contributed by atoms with Gasteiger partial charge in [0.05, 0.1) is 0 Å². The lowest BCUT2D eigenvalue weighted by Gasteiger charge is -2.01. The quantitative estimate of drug-likeness (QED) is 0.803. The average Bonchev–Trinajstić information content (AvgIpc) is 2.51. The van der Waals surface area contributed by atoms with Crippen LogP contribution in [0.25, 0.3) is 0 Å². The van der Waals surface area contributed by atoms with Gasteiger partial charge in [0.2, 0.25) is 0 Å². The predicted octanol–water partition coefficient (Wildman–Crippen LogP) is 2.74. The van der Waals surface area contributed by atoms with Crippen LogP contribution in [0.2, 0.25) is 0 Å². The van der Waals surface area contributed by atoms with Gasteiger partial charge in [-0.3, -0.25) is 0 Å². The number of anilines is 1. The number of thiazole rings is 1. The molecular formula is C8H13BrN2OS. The van der Waals surface area contributed by atoms with Crippen LogP contribution in [-0.2, 0) is 4.74 Å². The van der Waals surface area contributed by atoms with Gasteiger partial charge in [0.1, 0.15) is 4.60 Å². The van der Waals surface area contributed by atoms with E-state index in [-0.39, 0.29) is 0 Å². The molecular weight excluding hydrogens is 252 g/mol. The van der Waals surface area contributed by atoms with Crippen molar-refractivity contribution in [2.75, 3.05) is 25.1 Å². The van der Waals surface area contributed by atoms with E-state index >= 15 is 0 Å². The molecule has 0 amide bonds. The summed E-state index contributed by atoms with van der Waals surface area (Å²) in [5.41, 5.74) is 0. The van der Waals surface area contributed by atoms with Gasteiger partial charge < -0.3 is 10.1 Å². The first kappa shape index (κ1) is 10.9. The van der Waals surface area contributed by atoms with E-state index in [1.165, 1.54) is 0 Å². The SMILES string of the molecule is CCOCCCNc1nc(Br)cs1. The highest BCUT2D eigenvalue weighted by Crippen LogP contribution is 2.18. The minimum atomic E-state index is 0.794. The minimum Gasteiger partial charge on any atom is -0.382 e. The van der Waals surface area contributed by atoms with Crippen molar-refractivity contribution in [3.63, 3.8) is 0 Å². The van der Waals surface area contributed by atoms with Crippen LogP contribution in [-0.4, -0.2) is 24.7 Å². The monoisotopic (exact) mass is 264 g/mol. The van der Waals surface area contributed by atoms with Crippen LogP contribution >= 0.6 is 27.3 Å². The van der Waals surface area contributed by atoms with Crippen molar-refractivity contribution in [1.82, 2.24) is 4.98 Å². The minimum absolute atomic E-state index is 0.794. The van der Waals surface area contributed by atoms with E-state index in [0.717, 1.165) is 35.9 Å². The van der Waals surface area contributed by atoms with E-state index in [9.17, 15) is 0 Å². The number of aromatic nitrogens is 1. The molecule has 1 rings (SSSR count). The third-order valence-electron chi connectivity index (χ3n) is 1.42. The highest BCUT2D eigenvalue weighted by molar-refractivity contribution is 9.10. The van der Waals surface area contributed by atoms with Gasteiger partial charge in [0.25, 0.3) is 0 Å². The Morgan fingerprint density at radius 1 is 1.69 bits per heavy atom. The van der Waals surface area contributed by atoms with Gasteiger partial charge in [-0.2, -0.15) is 0 Å². The van der Waals surface area contributed by atoms with Crippen LogP contribution in [0.1, 0.15) is 13.3 Å². The molecule has 0 aliphatic heterocycles. The highest BCUT2D eigenvalue weighted by Gasteiger charge is 1.96. The summed E-state index contributed by atoms with van der Waals surface area (Å²) in [5, 5.41) is 6.15. The summed E-state index contributed by atoms with van der Waals surface area (Å²) >= 11 is 4.90. The Balaban J connectivity index is 2.06. The van der Waals surface area contributed by atoms with Crippen molar-refractivity contribution >= 4 is 32.4 Å². The fraction of sp³-hybridized carbons (Fsp3) is 0.625. The maximum atomic E-state index is 5.21. The fourth-order valence-corrected chi connectivity index (χ4v) is 2.02. The number of hydrogen-bond donors (Lipinski definition) is 1. The maximum absolute atomic E-state index is 5.21. The molecule has 1 aromatic heterocycles. The lowest BCUT2D eigenvalue weighted by molar-refractivity contribution is 0.147. The Labute approximate surface area is 90.6 Å². The van der Waals surface area contributed by atoms with Gasteiger partial charge in [0, 0.05) is 25.1 Å². The van der Waals surface area contributed by atoms with E-state index in [2.05, 4.69) is 26.2 Å². The molecule has 1 heterocycles. The predicted molar refractivity (Wildman–Crippen MR) is 59.4 cm³/mol. The van der Waals surface area contributed by atoms with Gasteiger partial charge in [0.15, 0.2) is 5.13 Å². The van der Waals surface area contributed by atoms with E-state index in [1.807, 2.05) is 12.3 Å². The van der Waals surface area contributed by atoms with Crippen LogP contribution in [0.3, 0.4) is 0 Å². The van der Waals surface area contributed by atoms with E-state index in [4.69, 9.17) is 4.74 Å². The standard InChI is InChI=1S/C8H13BrN2OS/c1-2-12-5-3-4-10-8-11-7(9)6-13-8/h6H,2-5H2,1H3,(H,10,11). The second kappa shape index (κ2) is 6.34. The van der Waals surface area contributed by atoms with Gasteiger partial charge in [-0.1, -0.05) is 0 Å². The van der Waals surface area contributed by atoms with Gasteiger partial charge in [-0.05, 0) is 29.3 Å². The first-order valence-corrected chi connectivity index (χ1v) is 5.93. The second-order valence-electron chi connectivity index (χ2n) is 2.45. The van der Waals surface area contributed by atoms with Crippen LogP contribution in [0, 0.1) is 0 Å². The first-order valence-electron chi connectivity index (χ1n) is 4.25. The van der Waals surface area contributed by atoms with Gasteiger partial charge >= 0.3 is 0 Å². The number of hydrogen-bond acceptors (Lipinski definition) is 4.